The zero-order valence-corrected chi connectivity index (χ0v) is 14.1. The van der Waals surface area contributed by atoms with Crippen LogP contribution in [0.4, 0.5) is 0 Å². The molecule has 4 heteroatoms. The number of hydrogen-bond donors (Lipinski definition) is 0. The quantitative estimate of drug-likeness (QED) is 0.545. The second-order valence-electron chi connectivity index (χ2n) is 6.97. The Morgan fingerprint density at radius 1 is 0.833 bits per heavy atom. The minimum absolute atomic E-state index is 0.00877. The highest BCUT2D eigenvalue weighted by Crippen LogP contribution is 2.25. The van der Waals surface area contributed by atoms with Crippen molar-refractivity contribution >= 4 is 11.0 Å². The van der Waals surface area contributed by atoms with E-state index in [9.17, 15) is 0 Å². The van der Waals surface area contributed by atoms with Crippen molar-refractivity contribution in [3.63, 3.8) is 0 Å². The van der Waals surface area contributed by atoms with Crippen LogP contribution < -0.4 is 0 Å². The number of para-hydroxylation sites is 3. The van der Waals surface area contributed by atoms with E-state index in [-0.39, 0.29) is 5.41 Å². The molecule has 0 aliphatic carbocycles. The summed E-state index contributed by atoms with van der Waals surface area (Å²) in [5, 5.41) is 4.77. The van der Waals surface area contributed by atoms with Crippen molar-refractivity contribution in [2.75, 3.05) is 0 Å². The van der Waals surface area contributed by atoms with Crippen LogP contribution in [0.15, 0.2) is 66.9 Å². The van der Waals surface area contributed by atoms with E-state index in [2.05, 4.69) is 49.6 Å². The maximum Gasteiger partial charge on any atom is 0.236 e. The van der Waals surface area contributed by atoms with Crippen LogP contribution in [0.2, 0.25) is 0 Å². The monoisotopic (exact) mass is 316 g/mol. The van der Waals surface area contributed by atoms with Crippen molar-refractivity contribution in [1.29, 1.82) is 0 Å². The van der Waals surface area contributed by atoms with Crippen LogP contribution in [0, 0.1) is 0 Å². The van der Waals surface area contributed by atoms with Gasteiger partial charge in [0.1, 0.15) is 0 Å². The Labute approximate surface area is 141 Å². The van der Waals surface area contributed by atoms with Gasteiger partial charge in [-0.2, -0.15) is 5.10 Å². The normalized spacial score (nSPS) is 12.0. The van der Waals surface area contributed by atoms with E-state index in [0.717, 1.165) is 28.4 Å². The van der Waals surface area contributed by atoms with Gasteiger partial charge in [-0.1, -0.05) is 51.1 Å². The highest BCUT2D eigenvalue weighted by molar-refractivity contribution is 5.79. The summed E-state index contributed by atoms with van der Waals surface area (Å²) in [6, 6.07) is 20.5. The number of nitrogens with zero attached hydrogens (tertiary/aromatic N) is 4. The van der Waals surface area contributed by atoms with Crippen LogP contribution in [0.3, 0.4) is 0 Å². The first-order valence-corrected chi connectivity index (χ1v) is 8.13. The third-order valence-electron chi connectivity index (χ3n) is 4.12. The van der Waals surface area contributed by atoms with Crippen LogP contribution >= 0.6 is 0 Å². The van der Waals surface area contributed by atoms with E-state index >= 15 is 0 Å². The standard InChI is InChI=1S/C20H20N4/c1-20(2,3)18-13-14-23(22-18)19-21-16-11-7-8-12-17(16)24(19)15-9-5-4-6-10-15/h4-14H,1-3H3. The zero-order chi connectivity index (χ0) is 16.7. The Morgan fingerprint density at radius 2 is 1.54 bits per heavy atom. The fourth-order valence-corrected chi connectivity index (χ4v) is 2.83. The van der Waals surface area contributed by atoms with Crippen molar-refractivity contribution in [3.8, 4) is 11.6 Å². The Kier molecular flexibility index (Phi) is 3.27. The molecule has 4 rings (SSSR count). The maximum absolute atomic E-state index is 4.82. The average Bonchev–Trinajstić information content (AvgIpc) is 3.20. The summed E-state index contributed by atoms with van der Waals surface area (Å²) in [7, 11) is 0. The summed E-state index contributed by atoms with van der Waals surface area (Å²) in [4.78, 5) is 4.82. The topological polar surface area (TPSA) is 35.6 Å². The molecule has 0 amide bonds. The Morgan fingerprint density at radius 3 is 2.25 bits per heavy atom. The van der Waals surface area contributed by atoms with E-state index in [1.165, 1.54) is 0 Å². The van der Waals surface area contributed by atoms with Gasteiger partial charge in [0.15, 0.2) is 0 Å². The smallest absolute Gasteiger partial charge is 0.236 e. The molecule has 0 N–H and O–H groups in total. The first-order valence-electron chi connectivity index (χ1n) is 8.13. The lowest BCUT2D eigenvalue weighted by atomic mass is 9.93. The van der Waals surface area contributed by atoms with E-state index < -0.39 is 0 Å². The van der Waals surface area contributed by atoms with Crippen LogP contribution in [0.1, 0.15) is 26.5 Å². The Balaban J connectivity index is 1.97. The second-order valence-corrected chi connectivity index (χ2v) is 6.97. The van der Waals surface area contributed by atoms with Crippen molar-refractivity contribution in [3.05, 3.63) is 72.6 Å². The molecule has 2 aromatic carbocycles. The number of imidazole rings is 1. The molecular weight excluding hydrogens is 296 g/mol. The summed E-state index contributed by atoms with van der Waals surface area (Å²) < 4.78 is 4.02. The van der Waals surface area contributed by atoms with E-state index in [1.807, 2.05) is 47.3 Å². The lowest BCUT2D eigenvalue weighted by Gasteiger charge is -2.14. The minimum Gasteiger partial charge on any atom is -0.277 e. The molecule has 0 aliphatic rings. The number of rotatable bonds is 2. The first kappa shape index (κ1) is 14.7. The van der Waals surface area contributed by atoms with Gasteiger partial charge in [-0.15, -0.1) is 0 Å². The molecule has 0 spiro atoms. The third kappa shape index (κ3) is 2.40. The molecule has 0 atom stereocenters. The lowest BCUT2D eigenvalue weighted by molar-refractivity contribution is 0.558. The van der Waals surface area contributed by atoms with Gasteiger partial charge in [0.05, 0.1) is 16.7 Å². The summed E-state index contributed by atoms with van der Waals surface area (Å²) in [5.74, 6) is 0.804. The van der Waals surface area contributed by atoms with Gasteiger partial charge < -0.3 is 0 Å². The van der Waals surface area contributed by atoms with Crippen molar-refractivity contribution in [2.45, 2.75) is 26.2 Å². The van der Waals surface area contributed by atoms with Crippen molar-refractivity contribution < 1.29 is 0 Å². The molecule has 4 aromatic rings. The molecule has 0 unspecified atom stereocenters. The first-order chi connectivity index (χ1) is 11.5. The molecule has 0 fully saturated rings. The molecule has 0 aliphatic heterocycles. The summed E-state index contributed by atoms with van der Waals surface area (Å²) >= 11 is 0. The van der Waals surface area contributed by atoms with Crippen molar-refractivity contribution in [2.24, 2.45) is 0 Å². The lowest BCUT2D eigenvalue weighted by Crippen LogP contribution is -2.13. The number of aromatic nitrogens is 4. The van der Waals surface area contributed by atoms with Gasteiger partial charge >= 0.3 is 0 Å². The molecule has 24 heavy (non-hydrogen) atoms. The Bertz CT molecular complexity index is 987. The number of fused-ring (bicyclic) bond motifs is 1. The Hall–Kier alpha value is -2.88. The summed E-state index contributed by atoms with van der Waals surface area (Å²) in [6.07, 6.45) is 1.99. The summed E-state index contributed by atoms with van der Waals surface area (Å²) in [6.45, 7) is 6.50. The third-order valence-corrected chi connectivity index (χ3v) is 4.12. The average molecular weight is 316 g/mol. The van der Waals surface area contributed by atoms with E-state index in [1.54, 1.807) is 0 Å². The second kappa shape index (κ2) is 5.34. The largest absolute Gasteiger partial charge is 0.277 e. The van der Waals surface area contributed by atoms with Gasteiger partial charge in [-0.25, -0.2) is 9.67 Å². The van der Waals surface area contributed by atoms with Crippen LogP contribution in [-0.4, -0.2) is 19.3 Å². The SMILES string of the molecule is CC(C)(C)c1ccn(-c2nc3ccccc3n2-c2ccccc2)n1. The number of hydrogen-bond acceptors (Lipinski definition) is 2. The summed E-state index contributed by atoms with van der Waals surface area (Å²) in [5.41, 5.74) is 4.17. The fraction of sp³-hybridized carbons (Fsp3) is 0.200. The minimum atomic E-state index is 0.00877. The van der Waals surface area contributed by atoms with Crippen molar-refractivity contribution in [1.82, 2.24) is 19.3 Å². The highest BCUT2D eigenvalue weighted by Gasteiger charge is 2.20. The van der Waals surface area contributed by atoms with E-state index in [0.29, 0.717) is 0 Å². The molecule has 0 radical (unpaired) electrons. The molecule has 4 nitrogen and oxygen atoms in total. The van der Waals surface area contributed by atoms with Crippen LogP contribution in [0.25, 0.3) is 22.7 Å². The van der Waals surface area contributed by atoms with Crippen LogP contribution in [0.5, 0.6) is 0 Å². The molecule has 0 saturated heterocycles. The molecule has 2 heterocycles. The molecule has 120 valence electrons. The zero-order valence-electron chi connectivity index (χ0n) is 14.1. The molecule has 0 saturated carbocycles. The highest BCUT2D eigenvalue weighted by atomic mass is 15.4. The van der Waals surface area contributed by atoms with Crippen LogP contribution in [-0.2, 0) is 5.41 Å². The fourth-order valence-electron chi connectivity index (χ4n) is 2.83. The van der Waals surface area contributed by atoms with Gasteiger partial charge in [0.2, 0.25) is 5.95 Å². The van der Waals surface area contributed by atoms with E-state index in [4.69, 9.17) is 10.1 Å². The van der Waals surface area contributed by atoms with Gasteiger partial charge in [0, 0.05) is 17.3 Å². The van der Waals surface area contributed by atoms with Gasteiger partial charge in [-0.05, 0) is 30.3 Å². The number of benzene rings is 2. The molecule has 2 aromatic heterocycles. The van der Waals surface area contributed by atoms with Gasteiger partial charge in [0.25, 0.3) is 0 Å². The molecule has 0 bridgehead atoms. The maximum atomic E-state index is 4.82. The predicted octanol–water partition coefficient (Wildman–Crippen LogP) is 4.51. The van der Waals surface area contributed by atoms with Gasteiger partial charge in [-0.3, -0.25) is 4.57 Å². The molecular formula is C20H20N4. The predicted molar refractivity (Wildman–Crippen MR) is 96.9 cm³/mol.